The highest BCUT2D eigenvalue weighted by Gasteiger charge is 2.22. The van der Waals surface area contributed by atoms with Gasteiger partial charge in [-0.2, -0.15) is 5.10 Å². The van der Waals surface area contributed by atoms with Crippen molar-refractivity contribution in [1.82, 2.24) is 14.8 Å². The minimum Gasteiger partial charge on any atom is -0.380 e. The van der Waals surface area contributed by atoms with Crippen LogP contribution in [0.15, 0.2) is 27.4 Å². The average Bonchev–Trinajstić information content (AvgIpc) is 2.70. The predicted molar refractivity (Wildman–Crippen MR) is 81.2 cm³/mol. The van der Waals surface area contributed by atoms with Crippen molar-refractivity contribution in [2.24, 2.45) is 0 Å². The topological polar surface area (TPSA) is 50.9 Å². The summed E-state index contributed by atoms with van der Waals surface area (Å²) >= 11 is 12.8. The van der Waals surface area contributed by atoms with Crippen molar-refractivity contribution in [1.29, 1.82) is 0 Å². The van der Waals surface area contributed by atoms with Gasteiger partial charge in [0.25, 0.3) is 0 Å². The molecule has 2 rings (SSSR count). The Balaban J connectivity index is 2.43. The average molecular weight is 410 g/mol. The fraction of sp³-hybridized carbons (Fsp3) is 0.333. The molecule has 0 saturated heterocycles. The lowest BCUT2D eigenvalue weighted by Gasteiger charge is -2.14. The first kappa shape index (κ1) is 15.0. The van der Waals surface area contributed by atoms with Crippen molar-refractivity contribution in [3.63, 3.8) is 0 Å². The fourth-order valence-electron chi connectivity index (χ4n) is 1.79. The third-order valence-electron chi connectivity index (χ3n) is 2.62. The molecule has 0 spiro atoms. The Morgan fingerprint density at radius 3 is 2.79 bits per heavy atom. The maximum atomic E-state index is 10.5. The second-order valence-corrected chi connectivity index (χ2v) is 6.20. The van der Waals surface area contributed by atoms with Crippen LogP contribution in [0.3, 0.4) is 0 Å². The van der Waals surface area contributed by atoms with E-state index in [1.807, 2.05) is 13.0 Å². The van der Waals surface area contributed by atoms with Crippen LogP contribution >= 0.6 is 43.5 Å². The molecule has 0 radical (unpaired) electrons. The van der Waals surface area contributed by atoms with Crippen LogP contribution in [0, 0.1) is 0 Å². The molecule has 7 heteroatoms. The van der Waals surface area contributed by atoms with Crippen LogP contribution in [0.5, 0.6) is 0 Å². The molecule has 0 fully saturated rings. The number of hydrogen-bond donors (Lipinski definition) is 1. The number of aryl methyl sites for hydroxylation is 1. The van der Waals surface area contributed by atoms with Crippen molar-refractivity contribution in [2.45, 2.75) is 26.0 Å². The first-order valence-electron chi connectivity index (χ1n) is 5.74. The molecule has 1 unspecified atom stereocenters. The maximum absolute atomic E-state index is 10.5. The van der Waals surface area contributed by atoms with Crippen molar-refractivity contribution < 1.29 is 5.11 Å². The van der Waals surface area contributed by atoms with Gasteiger partial charge in [0.05, 0.1) is 22.6 Å². The number of hydrogen-bond acceptors (Lipinski definition) is 3. The highest BCUT2D eigenvalue weighted by Crippen LogP contribution is 2.32. The summed E-state index contributed by atoms with van der Waals surface area (Å²) in [5.41, 5.74) is 1.09. The van der Waals surface area contributed by atoms with Gasteiger partial charge >= 0.3 is 0 Å². The van der Waals surface area contributed by atoms with E-state index >= 15 is 0 Å². The normalized spacial score (nSPS) is 12.7. The van der Waals surface area contributed by atoms with Gasteiger partial charge < -0.3 is 5.11 Å². The van der Waals surface area contributed by atoms with Crippen molar-refractivity contribution >= 4 is 43.5 Å². The van der Waals surface area contributed by atoms with Crippen LogP contribution in [0.2, 0.25) is 5.02 Å². The summed E-state index contributed by atoms with van der Waals surface area (Å²) < 4.78 is 3.27. The van der Waals surface area contributed by atoms with Crippen molar-refractivity contribution in [2.75, 3.05) is 0 Å². The monoisotopic (exact) mass is 407 g/mol. The Bertz CT molecular complexity index is 588. The molecular weight excluding hydrogens is 397 g/mol. The minimum atomic E-state index is -0.913. The molecule has 2 heterocycles. The second-order valence-electron chi connectivity index (χ2n) is 4.02. The summed E-state index contributed by atoms with van der Waals surface area (Å²) in [5.74, 6) is 0. The largest absolute Gasteiger partial charge is 0.380 e. The van der Waals surface area contributed by atoms with Crippen LogP contribution in [0.4, 0.5) is 0 Å². The molecule has 0 bridgehead atoms. The Kier molecular flexibility index (Phi) is 5.00. The SMILES string of the molecule is CCCn1ncc(Cl)c1C(O)c1ncc(Br)cc1Br. The number of aliphatic hydroxyl groups excluding tert-OH is 1. The zero-order valence-corrected chi connectivity index (χ0v) is 14.1. The second kappa shape index (κ2) is 6.35. The van der Waals surface area contributed by atoms with E-state index < -0.39 is 6.10 Å². The van der Waals surface area contributed by atoms with Crippen LogP contribution in [-0.4, -0.2) is 19.9 Å². The minimum absolute atomic E-state index is 0.442. The summed E-state index contributed by atoms with van der Waals surface area (Å²) in [7, 11) is 0. The Hall–Kier alpha value is -0.430. The highest BCUT2D eigenvalue weighted by molar-refractivity contribution is 9.11. The van der Waals surface area contributed by atoms with Crippen LogP contribution in [0.1, 0.15) is 30.8 Å². The van der Waals surface area contributed by atoms with Gasteiger partial charge in [-0.05, 0) is 44.3 Å². The van der Waals surface area contributed by atoms with Gasteiger partial charge in [0.15, 0.2) is 0 Å². The van der Waals surface area contributed by atoms with Gasteiger partial charge in [0.2, 0.25) is 0 Å². The Morgan fingerprint density at radius 1 is 1.42 bits per heavy atom. The lowest BCUT2D eigenvalue weighted by Crippen LogP contribution is -2.12. The molecule has 0 aromatic carbocycles. The first-order chi connectivity index (χ1) is 9.04. The number of aromatic nitrogens is 3. The summed E-state index contributed by atoms with van der Waals surface area (Å²) in [6.45, 7) is 2.74. The number of rotatable bonds is 4. The number of pyridine rings is 1. The predicted octanol–water partition coefficient (Wildman–Crippen LogP) is 3.95. The molecule has 2 aromatic rings. The molecule has 2 aromatic heterocycles. The van der Waals surface area contributed by atoms with Crippen molar-refractivity contribution in [3.8, 4) is 0 Å². The lowest BCUT2D eigenvalue weighted by molar-refractivity contribution is 0.202. The highest BCUT2D eigenvalue weighted by atomic mass is 79.9. The van der Waals surface area contributed by atoms with E-state index in [-0.39, 0.29) is 0 Å². The molecule has 0 saturated carbocycles. The van der Waals surface area contributed by atoms with Gasteiger partial charge in [0, 0.05) is 21.7 Å². The lowest BCUT2D eigenvalue weighted by atomic mass is 10.1. The van der Waals surface area contributed by atoms with Gasteiger partial charge in [-0.25, -0.2) is 0 Å². The van der Waals surface area contributed by atoms with Crippen LogP contribution in [-0.2, 0) is 6.54 Å². The number of aliphatic hydroxyl groups is 1. The van der Waals surface area contributed by atoms with Crippen molar-refractivity contribution in [3.05, 3.63) is 43.8 Å². The molecule has 19 heavy (non-hydrogen) atoms. The van der Waals surface area contributed by atoms with Gasteiger partial charge in [0.1, 0.15) is 6.10 Å². The standard InChI is InChI=1S/C12H12Br2ClN3O/c1-2-3-18-11(9(15)6-17-18)12(19)10-8(14)4-7(13)5-16-10/h4-6,12,19H,2-3H2,1H3. The molecular formula is C12H12Br2ClN3O. The van der Waals surface area contributed by atoms with E-state index in [1.54, 1.807) is 17.1 Å². The van der Waals surface area contributed by atoms with Crippen LogP contribution in [0.25, 0.3) is 0 Å². The zero-order chi connectivity index (χ0) is 14.0. The summed E-state index contributed by atoms with van der Waals surface area (Å²) in [4.78, 5) is 4.23. The third-order valence-corrected chi connectivity index (χ3v) is 3.98. The summed E-state index contributed by atoms with van der Waals surface area (Å²) in [6.07, 6.45) is 3.18. The van der Waals surface area contributed by atoms with Gasteiger partial charge in [-0.3, -0.25) is 9.67 Å². The molecule has 0 aliphatic carbocycles. The first-order valence-corrected chi connectivity index (χ1v) is 7.71. The number of halogens is 3. The summed E-state index contributed by atoms with van der Waals surface area (Å²) in [6, 6.07) is 1.83. The van der Waals surface area contributed by atoms with Crippen LogP contribution < -0.4 is 0 Å². The van der Waals surface area contributed by atoms with E-state index in [0.717, 1.165) is 15.4 Å². The van der Waals surface area contributed by atoms with E-state index in [4.69, 9.17) is 11.6 Å². The molecule has 1 N–H and O–H groups in total. The quantitative estimate of drug-likeness (QED) is 0.832. The summed E-state index contributed by atoms with van der Waals surface area (Å²) in [5, 5.41) is 15.1. The molecule has 4 nitrogen and oxygen atoms in total. The molecule has 0 aliphatic rings. The molecule has 0 aliphatic heterocycles. The fourth-order valence-corrected chi connectivity index (χ4v) is 3.24. The zero-order valence-electron chi connectivity index (χ0n) is 10.1. The van der Waals surface area contributed by atoms with E-state index in [2.05, 4.69) is 41.9 Å². The van der Waals surface area contributed by atoms with Gasteiger partial charge in [-0.15, -0.1) is 0 Å². The Morgan fingerprint density at radius 2 is 2.16 bits per heavy atom. The van der Waals surface area contributed by atoms with Gasteiger partial charge in [-0.1, -0.05) is 18.5 Å². The van der Waals surface area contributed by atoms with E-state index in [1.165, 1.54) is 0 Å². The number of nitrogens with zero attached hydrogens (tertiary/aromatic N) is 3. The van der Waals surface area contributed by atoms with E-state index in [9.17, 15) is 5.11 Å². The smallest absolute Gasteiger partial charge is 0.140 e. The maximum Gasteiger partial charge on any atom is 0.140 e. The Labute approximate surface area is 133 Å². The third kappa shape index (κ3) is 3.18. The molecule has 0 amide bonds. The molecule has 102 valence electrons. The molecule has 1 atom stereocenters. The van der Waals surface area contributed by atoms with E-state index in [0.29, 0.717) is 23.0 Å².